The van der Waals surface area contributed by atoms with Crippen molar-refractivity contribution >= 4 is 10.0 Å². The highest BCUT2D eigenvalue weighted by molar-refractivity contribution is 7.89. The van der Waals surface area contributed by atoms with Crippen LogP contribution in [0.1, 0.15) is 24.4 Å². The summed E-state index contributed by atoms with van der Waals surface area (Å²) in [5, 5.41) is 0. The lowest BCUT2D eigenvalue weighted by Gasteiger charge is -2.32. The van der Waals surface area contributed by atoms with Crippen molar-refractivity contribution < 1.29 is 22.6 Å². The lowest BCUT2D eigenvalue weighted by molar-refractivity contribution is 0.170. The molecule has 160 valence electrons. The topological polar surface area (TPSA) is 82.9 Å². The number of aryl methyl sites for hydroxylation is 1. The van der Waals surface area contributed by atoms with Gasteiger partial charge in [0.15, 0.2) is 0 Å². The molecule has 2 aromatic rings. The van der Waals surface area contributed by atoms with E-state index in [2.05, 4.69) is 9.55 Å². The Balaban J connectivity index is 1.71. The third-order valence-electron chi connectivity index (χ3n) is 5.41. The second-order valence-electron chi connectivity index (χ2n) is 7.22. The fourth-order valence-electron chi connectivity index (χ4n) is 3.72. The number of ether oxygens (including phenoxy) is 3. The van der Waals surface area contributed by atoms with Crippen molar-refractivity contribution in [3.05, 3.63) is 35.9 Å². The number of aromatic nitrogens is 2. The number of hydrogen-bond acceptors (Lipinski definition) is 6. The molecule has 0 spiro atoms. The molecule has 1 aliphatic rings. The second-order valence-corrected chi connectivity index (χ2v) is 9.13. The average Bonchev–Trinajstić information content (AvgIpc) is 3.07. The minimum atomic E-state index is -3.66. The van der Waals surface area contributed by atoms with Crippen LogP contribution in [0.2, 0.25) is 0 Å². The molecule has 0 saturated carbocycles. The molecule has 0 N–H and O–H groups in total. The van der Waals surface area contributed by atoms with Gasteiger partial charge >= 0.3 is 0 Å². The van der Waals surface area contributed by atoms with Crippen molar-refractivity contribution in [2.24, 2.45) is 5.92 Å². The van der Waals surface area contributed by atoms with E-state index in [1.54, 1.807) is 19.2 Å². The van der Waals surface area contributed by atoms with Crippen LogP contribution in [0.25, 0.3) is 0 Å². The Morgan fingerprint density at radius 1 is 1.14 bits per heavy atom. The van der Waals surface area contributed by atoms with Gasteiger partial charge in [0, 0.05) is 44.7 Å². The molecule has 8 nitrogen and oxygen atoms in total. The predicted octanol–water partition coefficient (Wildman–Crippen LogP) is 2.46. The van der Waals surface area contributed by atoms with Crippen LogP contribution in [0.3, 0.4) is 0 Å². The SMILES string of the molecule is COCc1ncc(C)n1CC1CCN(S(=O)(=O)c2cc(OC)ccc2OC)CC1. The molecule has 9 heteroatoms. The first kappa shape index (κ1) is 21.6. The Morgan fingerprint density at radius 2 is 1.86 bits per heavy atom. The molecular formula is C20H29N3O5S. The van der Waals surface area contributed by atoms with Gasteiger partial charge < -0.3 is 18.8 Å². The first-order valence-corrected chi connectivity index (χ1v) is 11.1. The summed E-state index contributed by atoms with van der Waals surface area (Å²) in [6.07, 6.45) is 3.42. The van der Waals surface area contributed by atoms with E-state index in [4.69, 9.17) is 14.2 Å². The molecule has 0 amide bonds. The van der Waals surface area contributed by atoms with E-state index < -0.39 is 10.0 Å². The Hall–Kier alpha value is -2.10. The highest BCUT2D eigenvalue weighted by Crippen LogP contribution is 2.33. The first-order valence-electron chi connectivity index (χ1n) is 9.62. The van der Waals surface area contributed by atoms with Crippen LogP contribution < -0.4 is 9.47 Å². The number of hydrogen-bond donors (Lipinski definition) is 0. The van der Waals surface area contributed by atoms with Crippen LogP contribution in [0.5, 0.6) is 11.5 Å². The molecule has 0 unspecified atom stereocenters. The molecule has 1 fully saturated rings. The highest BCUT2D eigenvalue weighted by atomic mass is 32.2. The lowest BCUT2D eigenvalue weighted by Crippen LogP contribution is -2.39. The standard InChI is InChI=1S/C20H29N3O5S/c1-15-12-21-20(14-26-2)23(15)13-16-7-9-22(10-8-16)29(24,25)19-11-17(27-3)5-6-18(19)28-4/h5-6,11-12,16H,7-10,13-14H2,1-4H3. The predicted molar refractivity (Wildman–Crippen MR) is 109 cm³/mol. The summed E-state index contributed by atoms with van der Waals surface area (Å²) in [5.41, 5.74) is 1.09. The normalized spacial score (nSPS) is 16.1. The van der Waals surface area contributed by atoms with Crippen LogP contribution in [-0.4, -0.2) is 56.7 Å². The van der Waals surface area contributed by atoms with Gasteiger partial charge in [0.05, 0.1) is 14.2 Å². The minimum Gasteiger partial charge on any atom is -0.497 e. The van der Waals surface area contributed by atoms with E-state index in [0.29, 0.717) is 37.1 Å². The van der Waals surface area contributed by atoms with E-state index in [1.165, 1.54) is 24.6 Å². The van der Waals surface area contributed by atoms with Gasteiger partial charge in [0.25, 0.3) is 0 Å². The second kappa shape index (κ2) is 9.15. The Morgan fingerprint density at radius 3 is 2.48 bits per heavy atom. The Bertz CT molecular complexity index is 934. The van der Waals surface area contributed by atoms with E-state index in [0.717, 1.165) is 30.9 Å². The van der Waals surface area contributed by atoms with Gasteiger partial charge in [-0.2, -0.15) is 4.31 Å². The number of rotatable bonds is 8. The summed E-state index contributed by atoms with van der Waals surface area (Å²) in [4.78, 5) is 4.55. The molecule has 0 atom stereocenters. The zero-order valence-corrected chi connectivity index (χ0v) is 18.2. The van der Waals surface area contributed by atoms with Crippen LogP contribution in [0.15, 0.2) is 29.3 Å². The van der Waals surface area contributed by atoms with E-state index in [-0.39, 0.29) is 4.90 Å². The third kappa shape index (κ3) is 4.57. The number of benzene rings is 1. The largest absolute Gasteiger partial charge is 0.497 e. The molecule has 0 bridgehead atoms. The van der Waals surface area contributed by atoms with Crippen molar-refractivity contribution in [3.8, 4) is 11.5 Å². The van der Waals surface area contributed by atoms with Gasteiger partial charge in [-0.3, -0.25) is 0 Å². The van der Waals surface area contributed by atoms with Crippen molar-refractivity contribution in [2.45, 2.75) is 37.8 Å². The van der Waals surface area contributed by atoms with Crippen molar-refractivity contribution in [1.29, 1.82) is 0 Å². The summed E-state index contributed by atoms with van der Waals surface area (Å²) in [5.74, 6) is 2.10. The van der Waals surface area contributed by atoms with Gasteiger partial charge in [-0.05, 0) is 37.8 Å². The summed E-state index contributed by atoms with van der Waals surface area (Å²) in [6.45, 7) is 4.26. The molecule has 1 aromatic carbocycles. The number of methoxy groups -OCH3 is 3. The maximum atomic E-state index is 13.2. The van der Waals surface area contributed by atoms with Crippen LogP contribution in [0, 0.1) is 12.8 Å². The zero-order chi connectivity index (χ0) is 21.0. The number of piperidine rings is 1. The van der Waals surface area contributed by atoms with Crippen molar-refractivity contribution in [1.82, 2.24) is 13.9 Å². The fourth-order valence-corrected chi connectivity index (χ4v) is 5.36. The molecule has 0 aliphatic carbocycles. The van der Waals surface area contributed by atoms with Gasteiger partial charge in [-0.1, -0.05) is 0 Å². The quantitative estimate of drug-likeness (QED) is 0.649. The molecule has 29 heavy (non-hydrogen) atoms. The molecular weight excluding hydrogens is 394 g/mol. The van der Waals surface area contributed by atoms with Crippen molar-refractivity contribution in [2.75, 3.05) is 34.4 Å². The maximum Gasteiger partial charge on any atom is 0.246 e. The van der Waals surface area contributed by atoms with Crippen LogP contribution in [-0.2, 0) is 27.9 Å². The maximum absolute atomic E-state index is 13.2. The van der Waals surface area contributed by atoms with E-state index in [1.807, 2.05) is 13.1 Å². The number of nitrogens with zero attached hydrogens (tertiary/aromatic N) is 3. The monoisotopic (exact) mass is 423 g/mol. The van der Waals surface area contributed by atoms with Gasteiger partial charge in [-0.25, -0.2) is 13.4 Å². The molecule has 1 aliphatic heterocycles. The molecule has 0 radical (unpaired) electrons. The molecule has 2 heterocycles. The van der Waals surface area contributed by atoms with Crippen LogP contribution in [0.4, 0.5) is 0 Å². The van der Waals surface area contributed by atoms with Gasteiger partial charge in [-0.15, -0.1) is 0 Å². The average molecular weight is 424 g/mol. The summed E-state index contributed by atoms with van der Waals surface area (Å²) in [6, 6.07) is 4.83. The Labute approximate surface area is 172 Å². The number of imidazole rings is 1. The number of sulfonamides is 1. The molecule has 3 rings (SSSR count). The zero-order valence-electron chi connectivity index (χ0n) is 17.4. The smallest absolute Gasteiger partial charge is 0.246 e. The summed E-state index contributed by atoms with van der Waals surface area (Å²) in [7, 11) is 0.983. The van der Waals surface area contributed by atoms with Crippen molar-refractivity contribution in [3.63, 3.8) is 0 Å². The first-order chi connectivity index (χ1) is 13.9. The molecule has 1 aromatic heterocycles. The summed E-state index contributed by atoms with van der Waals surface area (Å²) < 4.78 is 45.8. The van der Waals surface area contributed by atoms with E-state index >= 15 is 0 Å². The fraction of sp³-hybridized carbons (Fsp3) is 0.550. The van der Waals surface area contributed by atoms with Gasteiger partial charge in [0.2, 0.25) is 10.0 Å². The lowest BCUT2D eigenvalue weighted by atomic mass is 9.98. The van der Waals surface area contributed by atoms with Gasteiger partial charge in [0.1, 0.15) is 28.8 Å². The Kier molecular flexibility index (Phi) is 6.81. The third-order valence-corrected chi connectivity index (χ3v) is 7.33. The minimum absolute atomic E-state index is 0.144. The van der Waals surface area contributed by atoms with Crippen LogP contribution >= 0.6 is 0 Å². The van der Waals surface area contributed by atoms with E-state index in [9.17, 15) is 8.42 Å². The highest BCUT2D eigenvalue weighted by Gasteiger charge is 2.32. The molecule has 1 saturated heterocycles. The summed E-state index contributed by atoms with van der Waals surface area (Å²) >= 11 is 0.